The number of hydrogen-bond acceptors (Lipinski definition) is 5. The van der Waals surface area contributed by atoms with Crippen LogP contribution >= 0.6 is 23.4 Å². The minimum atomic E-state index is -0.436. The predicted octanol–water partition coefficient (Wildman–Crippen LogP) is 3.51. The Labute approximate surface area is 194 Å². The van der Waals surface area contributed by atoms with E-state index >= 15 is 0 Å². The van der Waals surface area contributed by atoms with E-state index < -0.39 is 5.82 Å². The fourth-order valence-electron chi connectivity index (χ4n) is 3.52. The number of para-hydroxylation sites is 1. The van der Waals surface area contributed by atoms with Crippen LogP contribution < -0.4 is 0 Å². The number of nitrogens with zero attached hydrogens (tertiary/aromatic N) is 5. The quantitative estimate of drug-likeness (QED) is 0.530. The Kier molecular flexibility index (Phi) is 6.76. The second-order valence-corrected chi connectivity index (χ2v) is 8.60. The molecule has 0 saturated carbocycles. The molecule has 2 heterocycles. The van der Waals surface area contributed by atoms with E-state index in [2.05, 4.69) is 10.2 Å². The van der Waals surface area contributed by atoms with Crippen LogP contribution in [0, 0.1) is 5.82 Å². The molecule has 0 N–H and O–H groups in total. The average molecular weight is 474 g/mol. The zero-order valence-electron chi connectivity index (χ0n) is 17.4. The van der Waals surface area contributed by atoms with Crippen molar-refractivity contribution in [2.75, 3.05) is 31.9 Å². The van der Waals surface area contributed by atoms with E-state index in [1.807, 2.05) is 6.07 Å². The van der Waals surface area contributed by atoms with Gasteiger partial charge in [-0.25, -0.2) is 4.39 Å². The Morgan fingerprint density at radius 3 is 2.34 bits per heavy atom. The number of aromatic nitrogens is 3. The minimum Gasteiger partial charge on any atom is -0.339 e. The van der Waals surface area contributed by atoms with Crippen LogP contribution in [0.25, 0.3) is 17.1 Å². The van der Waals surface area contributed by atoms with Crippen LogP contribution in [0.2, 0.25) is 5.02 Å². The number of carbonyl (C=O) groups excluding carboxylic acids is 2. The van der Waals surface area contributed by atoms with Crippen molar-refractivity contribution >= 4 is 35.2 Å². The van der Waals surface area contributed by atoms with Gasteiger partial charge in [-0.3, -0.25) is 14.2 Å². The summed E-state index contributed by atoms with van der Waals surface area (Å²) in [5.41, 5.74) is 0.890. The molecule has 1 aliphatic rings. The summed E-state index contributed by atoms with van der Waals surface area (Å²) in [4.78, 5) is 27.7. The predicted molar refractivity (Wildman–Crippen MR) is 121 cm³/mol. The smallest absolute Gasteiger partial charge is 0.233 e. The molecule has 1 saturated heterocycles. The first-order valence-corrected chi connectivity index (χ1v) is 11.4. The summed E-state index contributed by atoms with van der Waals surface area (Å²) in [5.74, 6) is 0.0202. The fraction of sp³-hybridized carbons (Fsp3) is 0.273. The SMILES string of the molecule is CC(=O)N1CCN(C(=O)CSc2nnc(-c3ccccc3Cl)n2-c2ccccc2F)CC1. The Balaban J connectivity index is 1.58. The molecule has 0 spiro atoms. The lowest BCUT2D eigenvalue weighted by Crippen LogP contribution is -2.50. The normalized spacial score (nSPS) is 14.0. The molecule has 1 aliphatic heterocycles. The Bertz CT molecular complexity index is 1150. The molecule has 0 bridgehead atoms. The fourth-order valence-corrected chi connectivity index (χ4v) is 4.59. The summed E-state index contributed by atoms with van der Waals surface area (Å²) in [6.45, 7) is 3.55. The molecule has 0 radical (unpaired) electrons. The molecule has 2 aromatic carbocycles. The average Bonchev–Trinajstić information content (AvgIpc) is 3.21. The summed E-state index contributed by atoms with van der Waals surface area (Å²) in [6.07, 6.45) is 0. The summed E-state index contributed by atoms with van der Waals surface area (Å²) >= 11 is 7.55. The number of rotatable bonds is 5. The van der Waals surface area contributed by atoms with Gasteiger partial charge < -0.3 is 9.80 Å². The molecule has 4 rings (SSSR count). The molecule has 2 amide bonds. The summed E-state index contributed by atoms with van der Waals surface area (Å²) in [6, 6.07) is 13.5. The van der Waals surface area contributed by atoms with Gasteiger partial charge in [-0.15, -0.1) is 10.2 Å². The van der Waals surface area contributed by atoms with Crippen LogP contribution in [0.15, 0.2) is 53.7 Å². The lowest BCUT2D eigenvalue weighted by Gasteiger charge is -2.34. The number of benzene rings is 2. The molecule has 1 fully saturated rings. The van der Waals surface area contributed by atoms with Crippen molar-refractivity contribution in [3.05, 3.63) is 59.4 Å². The molecule has 0 unspecified atom stereocenters. The Morgan fingerprint density at radius 1 is 1.00 bits per heavy atom. The van der Waals surface area contributed by atoms with Crippen LogP contribution in [0.1, 0.15) is 6.92 Å². The van der Waals surface area contributed by atoms with Gasteiger partial charge in [0, 0.05) is 38.7 Å². The zero-order chi connectivity index (χ0) is 22.7. The van der Waals surface area contributed by atoms with E-state index in [4.69, 9.17) is 11.6 Å². The van der Waals surface area contributed by atoms with Crippen molar-refractivity contribution < 1.29 is 14.0 Å². The van der Waals surface area contributed by atoms with E-state index in [0.29, 0.717) is 47.7 Å². The van der Waals surface area contributed by atoms with Crippen molar-refractivity contribution in [3.63, 3.8) is 0 Å². The number of hydrogen-bond donors (Lipinski definition) is 0. The lowest BCUT2D eigenvalue weighted by molar-refractivity contribution is -0.136. The molecule has 166 valence electrons. The van der Waals surface area contributed by atoms with E-state index in [0.717, 1.165) is 0 Å². The summed E-state index contributed by atoms with van der Waals surface area (Å²) in [5, 5.41) is 9.34. The highest BCUT2D eigenvalue weighted by Gasteiger charge is 2.24. The molecule has 10 heteroatoms. The molecule has 0 atom stereocenters. The molecular formula is C22H21ClFN5O2S. The topological polar surface area (TPSA) is 71.3 Å². The van der Waals surface area contributed by atoms with Crippen molar-refractivity contribution in [1.82, 2.24) is 24.6 Å². The van der Waals surface area contributed by atoms with Crippen molar-refractivity contribution in [2.45, 2.75) is 12.1 Å². The van der Waals surface area contributed by atoms with Gasteiger partial charge in [0.25, 0.3) is 0 Å². The van der Waals surface area contributed by atoms with E-state index in [-0.39, 0.29) is 23.3 Å². The first-order chi connectivity index (χ1) is 15.5. The third kappa shape index (κ3) is 4.63. The third-order valence-electron chi connectivity index (χ3n) is 5.24. The second-order valence-electron chi connectivity index (χ2n) is 7.25. The molecular weight excluding hydrogens is 453 g/mol. The van der Waals surface area contributed by atoms with Gasteiger partial charge in [0.15, 0.2) is 11.0 Å². The molecule has 3 aromatic rings. The number of thioether (sulfide) groups is 1. The Morgan fingerprint density at radius 2 is 1.66 bits per heavy atom. The van der Waals surface area contributed by atoms with Gasteiger partial charge in [-0.2, -0.15) is 0 Å². The maximum absolute atomic E-state index is 14.7. The van der Waals surface area contributed by atoms with E-state index in [9.17, 15) is 14.0 Å². The first-order valence-electron chi connectivity index (χ1n) is 10.1. The Hall–Kier alpha value is -2.91. The summed E-state index contributed by atoms with van der Waals surface area (Å²) < 4.78 is 16.3. The maximum Gasteiger partial charge on any atom is 0.233 e. The van der Waals surface area contributed by atoms with Gasteiger partial charge >= 0.3 is 0 Å². The molecule has 32 heavy (non-hydrogen) atoms. The highest BCUT2D eigenvalue weighted by molar-refractivity contribution is 7.99. The number of piperazine rings is 1. The van der Waals surface area contributed by atoms with E-state index in [1.165, 1.54) is 24.8 Å². The molecule has 7 nitrogen and oxygen atoms in total. The monoisotopic (exact) mass is 473 g/mol. The van der Waals surface area contributed by atoms with Gasteiger partial charge in [0.05, 0.1) is 16.5 Å². The minimum absolute atomic E-state index is 0.0107. The number of amides is 2. The number of carbonyl (C=O) groups is 2. The second kappa shape index (κ2) is 9.70. The summed E-state index contributed by atoms with van der Waals surface area (Å²) in [7, 11) is 0. The van der Waals surface area contributed by atoms with Crippen LogP contribution in [0.3, 0.4) is 0 Å². The maximum atomic E-state index is 14.7. The third-order valence-corrected chi connectivity index (χ3v) is 6.49. The van der Waals surface area contributed by atoms with Gasteiger partial charge in [-0.05, 0) is 24.3 Å². The first kappa shape index (κ1) is 22.3. The van der Waals surface area contributed by atoms with Crippen LogP contribution in [-0.4, -0.2) is 68.3 Å². The largest absolute Gasteiger partial charge is 0.339 e. The molecule has 0 aliphatic carbocycles. The van der Waals surface area contributed by atoms with Crippen LogP contribution in [0.4, 0.5) is 4.39 Å². The highest BCUT2D eigenvalue weighted by Crippen LogP contribution is 2.32. The van der Waals surface area contributed by atoms with Crippen LogP contribution in [0.5, 0.6) is 0 Å². The van der Waals surface area contributed by atoms with Crippen molar-refractivity contribution in [2.24, 2.45) is 0 Å². The van der Waals surface area contributed by atoms with Gasteiger partial charge in [0.1, 0.15) is 5.82 Å². The lowest BCUT2D eigenvalue weighted by atomic mass is 10.2. The van der Waals surface area contributed by atoms with Gasteiger partial charge in [0.2, 0.25) is 11.8 Å². The highest BCUT2D eigenvalue weighted by atomic mass is 35.5. The van der Waals surface area contributed by atoms with Crippen LogP contribution in [-0.2, 0) is 9.59 Å². The van der Waals surface area contributed by atoms with Gasteiger partial charge in [-0.1, -0.05) is 47.6 Å². The van der Waals surface area contributed by atoms with Crippen molar-refractivity contribution in [3.8, 4) is 17.1 Å². The molecule has 1 aromatic heterocycles. The zero-order valence-corrected chi connectivity index (χ0v) is 18.9. The van der Waals surface area contributed by atoms with E-state index in [1.54, 1.807) is 50.8 Å². The number of halogens is 2. The standard InChI is InChI=1S/C22H21ClFN5O2S/c1-15(30)27-10-12-28(13-11-27)20(31)14-32-22-26-25-21(16-6-2-3-7-17(16)23)29(22)19-9-5-4-8-18(19)24/h2-9H,10-14H2,1H3. The van der Waals surface area contributed by atoms with Crippen molar-refractivity contribution in [1.29, 1.82) is 0 Å².